The molecular weight excluding hydrogens is 582 g/mol. The monoisotopic (exact) mass is 609 g/mol. The molecule has 0 unspecified atom stereocenters. The van der Waals surface area contributed by atoms with Crippen molar-refractivity contribution < 1.29 is 36.6 Å². The Kier molecular flexibility index (Phi) is 8.98. The van der Waals surface area contributed by atoms with Crippen molar-refractivity contribution in [2.24, 2.45) is 0 Å². The van der Waals surface area contributed by atoms with Gasteiger partial charge in [0, 0.05) is 48.2 Å². The van der Waals surface area contributed by atoms with Crippen LogP contribution in [0.2, 0.25) is 0 Å². The number of halogens is 4. The Balaban J connectivity index is 1.57. The molecule has 0 aliphatic carbocycles. The van der Waals surface area contributed by atoms with E-state index in [1.165, 1.54) is 10.6 Å². The van der Waals surface area contributed by atoms with E-state index < -0.39 is 70.0 Å². The Bertz CT molecular complexity index is 1760. The van der Waals surface area contributed by atoms with E-state index in [1.807, 2.05) is 0 Å². The number of methoxy groups -OCH3 is 1. The smallest absolute Gasteiger partial charge is 0.358 e. The van der Waals surface area contributed by atoms with E-state index in [-0.39, 0.29) is 25.3 Å². The van der Waals surface area contributed by atoms with Gasteiger partial charge in [-0.25, -0.2) is 22.4 Å². The lowest BCUT2D eigenvalue weighted by Crippen LogP contribution is -2.34. The fourth-order valence-electron chi connectivity index (χ4n) is 5.08. The summed E-state index contributed by atoms with van der Waals surface area (Å²) in [6, 6.07) is 13.7. The van der Waals surface area contributed by atoms with Gasteiger partial charge >= 0.3 is 5.97 Å². The third-order valence-corrected chi connectivity index (χ3v) is 7.34. The first kappa shape index (κ1) is 30.3. The van der Waals surface area contributed by atoms with Gasteiger partial charge < -0.3 is 24.7 Å². The summed E-state index contributed by atoms with van der Waals surface area (Å²) >= 11 is 0. The first-order valence-corrected chi connectivity index (χ1v) is 13.6. The quantitative estimate of drug-likeness (QED) is 0.208. The van der Waals surface area contributed by atoms with Crippen molar-refractivity contribution in [3.05, 3.63) is 128 Å². The predicted octanol–water partition coefficient (Wildman–Crippen LogP) is 5.30. The van der Waals surface area contributed by atoms with Gasteiger partial charge in [0.25, 0.3) is 5.91 Å². The summed E-state index contributed by atoms with van der Waals surface area (Å²) < 4.78 is 68.7. The van der Waals surface area contributed by atoms with Gasteiger partial charge in [-0.15, -0.1) is 0 Å². The average molecular weight is 610 g/mol. The molecule has 0 saturated heterocycles. The molecule has 1 amide bonds. The van der Waals surface area contributed by atoms with Crippen molar-refractivity contribution in [1.29, 1.82) is 0 Å². The highest BCUT2D eigenvalue weighted by atomic mass is 19.1. The molecule has 0 fully saturated rings. The number of fused-ring (bicyclic) bond motifs is 1. The molecule has 0 radical (unpaired) electrons. The molecule has 44 heavy (non-hydrogen) atoms. The van der Waals surface area contributed by atoms with Crippen LogP contribution < -0.4 is 20.8 Å². The molecule has 1 atom stereocenters. The Hall–Kier alpha value is -5.13. The Morgan fingerprint density at radius 1 is 1.00 bits per heavy atom. The van der Waals surface area contributed by atoms with Crippen molar-refractivity contribution in [2.75, 3.05) is 19.0 Å². The molecule has 12 heteroatoms. The minimum atomic E-state index is -1.22. The van der Waals surface area contributed by atoms with E-state index in [0.717, 1.165) is 13.3 Å². The predicted molar refractivity (Wildman–Crippen MR) is 153 cm³/mol. The largest absolute Gasteiger partial charge is 0.482 e. The topological polar surface area (TPSA) is 98.7 Å². The maximum atomic E-state index is 14.6. The van der Waals surface area contributed by atoms with Crippen LogP contribution in [0.4, 0.5) is 23.2 Å². The fraction of sp³-hybridized carbons (Fsp3) is 0.219. The Morgan fingerprint density at radius 3 is 2.43 bits per heavy atom. The van der Waals surface area contributed by atoms with Gasteiger partial charge in [-0.3, -0.25) is 9.59 Å². The van der Waals surface area contributed by atoms with E-state index in [1.54, 1.807) is 42.5 Å². The summed E-state index contributed by atoms with van der Waals surface area (Å²) in [6.07, 6.45) is 1.70. The zero-order valence-corrected chi connectivity index (χ0v) is 23.5. The van der Waals surface area contributed by atoms with Crippen LogP contribution in [0.15, 0.2) is 71.7 Å². The number of nitrogens with one attached hydrogen (secondary N) is 2. The van der Waals surface area contributed by atoms with Crippen LogP contribution in [-0.4, -0.2) is 30.1 Å². The van der Waals surface area contributed by atoms with Crippen LogP contribution in [0, 0.1) is 23.3 Å². The van der Waals surface area contributed by atoms with Gasteiger partial charge in [0.15, 0.2) is 11.4 Å². The van der Waals surface area contributed by atoms with Crippen LogP contribution in [-0.2, 0) is 24.3 Å². The van der Waals surface area contributed by atoms with E-state index in [0.29, 0.717) is 35.4 Å². The van der Waals surface area contributed by atoms with Crippen molar-refractivity contribution in [1.82, 2.24) is 9.88 Å². The lowest BCUT2D eigenvalue weighted by Gasteiger charge is -2.25. The number of esters is 1. The van der Waals surface area contributed by atoms with Crippen LogP contribution in [0.5, 0.6) is 5.75 Å². The minimum absolute atomic E-state index is 0.142. The number of anilines is 1. The van der Waals surface area contributed by atoms with Crippen LogP contribution >= 0.6 is 0 Å². The number of pyridine rings is 1. The van der Waals surface area contributed by atoms with Gasteiger partial charge in [0.05, 0.1) is 13.2 Å². The van der Waals surface area contributed by atoms with Gasteiger partial charge in [-0.2, -0.15) is 0 Å². The second-order valence-electron chi connectivity index (χ2n) is 10.1. The summed E-state index contributed by atoms with van der Waals surface area (Å²) in [7, 11) is 1.13. The molecule has 2 heterocycles. The molecule has 1 aromatic heterocycles. The number of carbonyl (C=O) groups excluding carboxylic acids is 2. The Morgan fingerprint density at radius 2 is 1.73 bits per heavy atom. The second kappa shape index (κ2) is 13.0. The first-order valence-electron chi connectivity index (χ1n) is 13.6. The Labute approximate surface area is 249 Å². The van der Waals surface area contributed by atoms with Crippen molar-refractivity contribution in [3.63, 3.8) is 0 Å². The number of nitrogens with zero attached hydrogens (tertiary/aromatic N) is 1. The SMILES string of the molecule is COC(=O)c1c(OCc2ccccc2)c(=O)c(C(=O)NCc2c(F)cc(F)cc2F)cn1[C@@H]1CCc2c(F)cccc2NC1. The molecule has 1 aliphatic heterocycles. The van der Waals surface area contributed by atoms with Crippen molar-refractivity contribution >= 4 is 17.6 Å². The lowest BCUT2D eigenvalue weighted by molar-refractivity contribution is 0.0576. The molecule has 3 aromatic carbocycles. The second-order valence-corrected chi connectivity index (χ2v) is 10.1. The number of benzene rings is 3. The summed E-state index contributed by atoms with van der Waals surface area (Å²) in [5.41, 5.74) is -0.665. The summed E-state index contributed by atoms with van der Waals surface area (Å²) in [5.74, 6) is -6.38. The molecule has 8 nitrogen and oxygen atoms in total. The van der Waals surface area contributed by atoms with E-state index in [9.17, 15) is 31.9 Å². The molecule has 1 aliphatic rings. The highest BCUT2D eigenvalue weighted by Gasteiger charge is 2.31. The van der Waals surface area contributed by atoms with Crippen LogP contribution in [0.1, 0.15) is 50.0 Å². The fourth-order valence-corrected chi connectivity index (χ4v) is 5.08. The number of carbonyl (C=O) groups is 2. The third kappa shape index (κ3) is 6.29. The van der Waals surface area contributed by atoms with Gasteiger partial charge in [-0.05, 0) is 30.5 Å². The van der Waals surface area contributed by atoms with Gasteiger partial charge in [0.1, 0.15) is 35.4 Å². The standard InChI is InChI=1S/C32H27F4N3O5/c1-43-32(42)28-30(44-17-18-6-3-2-4-7-18)29(40)23(31(41)38-15-22-25(35)12-19(33)13-26(22)36)16-39(28)20-10-11-21-24(34)8-5-9-27(21)37-14-20/h2-9,12-13,16,20,37H,10-11,14-15,17H2,1H3,(H,38,41)/t20-/m1/s1. The highest BCUT2D eigenvalue weighted by molar-refractivity contribution is 5.97. The van der Waals surface area contributed by atoms with E-state index >= 15 is 0 Å². The molecule has 228 valence electrons. The van der Waals surface area contributed by atoms with Gasteiger partial charge in [-0.1, -0.05) is 36.4 Å². The molecule has 5 rings (SSSR count). The average Bonchev–Trinajstić information content (AvgIpc) is 3.23. The van der Waals surface area contributed by atoms with Crippen molar-refractivity contribution in [3.8, 4) is 5.75 Å². The molecular formula is C32H27F4N3O5. The van der Waals surface area contributed by atoms with E-state index in [4.69, 9.17) is 9.47 Å². The van der Waals surface area contributed by atoms with Crippen LogP contribution in [0.3, 0.4) is 0 Å². The summed E-state index contributed by atoms with van der Waals surface area (Å²) in [6.45, 7) is -0.667. The highest BCUT2D eigenvalue weighted by Crippen LogP contribution is 2.31. The van der Waals surface area contributed by atoms with Gasteiger partial charge in [0.2, 0.25) is 5.43 Å². The minimum Gasteiger partial charge on any atom is -0.482 e. The van der Waals surface area contributed by atoms with E-state index in [2.05, 4.69) is 10.6 Å². The number of hydrogen-bond acceptors (Lipinski definition) is 6. The number of ether oxygens (including phenoxy) is 2. The van der Waals surface area contributed by atoms with Crippen LogP contribution in [0.25, 0.3) is 0 Å². The lowest BCUT2D eigenvalue weighted by atomic mass is 10.0. The third-order valence-electron chi connectivity index (χ3n) is 7.34. The molecule has 0 bridgehead atoms. The normalized spacial score (nSPS) is 14.2. The number of hydrogen-bond donors (Lipinski definition) is 2. The van der Waals surface area contributed by atoms with Crippen molar-refractivity contribution in [2.45, 2.75) is 32.0 Å². The summed E-state index contributed by atoms with van der Waals surface area (Å²) in [4.78, 5) is 40.2. The first-order chi connectivity index (χ1) is 21.2. The number of rotatable bonds is 8. The zero-order valence-electron chi connectivity index (χ0n) is 23.5. The maximum absolute atomic E-state index is 14.6. The number of aromatic nitrogens is 1. The molecule has 4 aromatic rings. The molecule has 0 spiro atoms. The maximum Gasteiger partial charge on any atom is 0.358 e. The number of amides is 1. The summed E-state index contributed by atoms with van der Waals surface area (Å²) in [5, 5.41) is 5.45. The molecule has 0 saturated carbocycles. The molecule has 2 N–H and O–H groups in total. The zero-order chi connectivity index (χ0) is 31.4.